The minimum absolute atomic E-state index is 0.257. The van der Waals surface area contributed by atoms with E-state index < -0.39 is 0 Å². The van der Waals surface area contributed by atoms with E-state index in [1.54, 1.807) is 12.1 Å². The van der Waals surface area contributed by atoms with Crippen LogP contribution in [0.4, 0.5) is 10.1 Å². The summed E-state index contributed by atoms with van der Waals surface area (Å²) in [7, 11) is 0. The van der Waals surface area contributed by atoms with Gasteiger partial charge in [-0.1, -0.05) is 12.1 Å². The molecule has 0 amide bonds. The molecule has 30 heavy (non-hydrogen) atoms. The topological polar surface area (TPSA) is 39.7 Å². The first-order chi connectivity index (χ1) is 14.6. The van der Waals surface area contributed by atoms with Crippen molar-refractivity contribution in [3.8, 4) is 17.2 Å². The minimum atomic E-state index is -0.257. The monoisotopic (exact) mass is 521 g/mol. The Labute approximate surface area is 190 Å². The second kappa shape index (κ2) is 11.1. The molecule has 3 aromatic carbocycles. The van der Waals surface area contributed by atoms with Crippen molar-refractivity contribution in [2.45, 2.75) is 27.0 Å². The molecule has 0 spiro atoms. The third-order valence-electron chi connectivity index (χ3n) is 4.33. The lowest BCUT2D eigenvalue weighted by molar-refractivity contribution is 0.267. The Morgan fingerprint density at radius 1 is 0.833 bits per heavy atom. The molecule has 0 bridgehead atoms. The van der Waals surface area contributed by atoms with Crippen LogP contribution in [0.15, 0.2) is 60.7 Å². The van der Waals surface area contributed by atoms with Crippen LogP contribution in [0.1, 0.15) is 25.0 Å². The normalized spacial score (nSPS) is 10.5. The third-order valence-corrected chi connectivity index (χ3v) is 5.13. The van der Waals surface area contributed by atoms with Crippen LogP contribution < -0.4 is 19.5 Å². The number of halogens is 2. The van der Waals surface area contributed by atoms with E-state index in [0.29, 0.717) is 37.9 Å². The predicted molar refractivity (Wildman–Crippen MR) is 126 cm³/mol. The number of benzene rings is 3. The summed E-state index contributed by atoms with van der Waals surface area (Å²) < 4.78 is 31.4. The maximum absolute atomic E-state index is 13.1. The molecule has 0 heterocycles. The van der Waals surface area contributed by atoms with Crippen molar-refractivity contribution in [3.05, 3.63) is 81.2 Å². The van der Waals surface area contributed by atoms with Gasteiger partial charge in [-0.3, -0.25) is 0 Å². The van der Waals surface area contributed by atoms with Gasteiger partial charge in [0.05, 0.1) is 16.8 Å². The molecule has 0 radical (unpaired) electrons. The van der Waals surface area contributed by atoms with Gasteiger partial charge in [0.25, 0.3) is 0 Å². The van der Waals surface area contributed by atoms with E-state index in [9.17, 15) is 4.39 Å². The molecular formula is C24H25FINO3. The quantitative estimate of drug-likeness (QED) is 0.313. The number of ether oxygens (including phenoxy) is 3. The van der Waals surface area contributed by atoms with Crippen LogP contribution in [0, 0.1) is 9.39 Å². The van der Waals surface area contributed by atoms with Crippen LogP contribution in [0.3, 0.4) is 0 Å². The molecule has 0 aliphatic rings. The fraction of sp³-hybridized carbons (Fsp3) is 0.250. The van der Waals surface area contributed by atoms with E-state index in [2.05, 4.69) is 34.0 Å². The molecule has 0 fully saturated rings. The van der Waals surface area contributed by atoms with Crippen molar-refractivity contribution >= 4 is 28.3 Å². The predicted octanol–water partition coefficient (Wildman–Crippen LogP) is 6.42. The smallest absolute Gasteiger partial charge is 0.174 e. The van der Waals surface area contributed by atoms with Crippen LogP contribution in [-0.4, -0.2) is 13.2 Å². The lowest BCUT2D eigenvalue weighted by Gasteiger charge is -2.16. The van der Waals surface area contributed by atoms with Crippen molar-refractivity contribution < 1.29 is 18.6 Å². The molecule has 0 aliphatic heterocycles. The molecule has 0 saturated carbocycles. The van der Waals surface area contributed by atoms with Crippen molar-refractivity contribution in [2.75, 3.05) is 18.5 Å². The number of rotatable bonds is 10. The van der Waals surface area contributed by atoms with Gasteiger partial charge in [-0.05, 0) is 96.1 Å². The second-order valence-electron chi connectivity index (χ2n) is 6.56. The molecule has 4 nitrogen and oxygen atoms in total. The van der Waals surface area contributed by atoms with Crippen molar-refractivity contribution in [2.24, 2.45) is 0 Å². The van der Waals surface area contributed by atoms with E-state index in [1.165, 1.54) is 12.1 Å². The Kier molecular flexibility index (Phi) is 8.19. The molecule has 0 atom stereocenters. The largest absolute Gasteiger partial charge is 0.494 e. The maximum atomic E-state index is 13.1. The third kappa shape index (κ3) is 6.26. The summed E-state index contributed by atoms with van der Waals surface area (Å²) in [6.07, 6.45) is 0. The van der Waals surface area contributed by atoms with Crippen LogP contribution in [-0.2, 0) is 13.2 Å². The van der Waals surface area contributed by atoms with Crippen LogP contribution >= 0.6 is 22.6 Å². The molecule has 0 aromatic heterocycles. The molecule has 3 rings (SSSR count). The molecule has 6 heteroatoms. The van der Waals surface area contributed by atoms with Gasteiger partial charge in [0.15, 0.2) is 11.5 Å². The SMILES string of the molecule is CCOc1ccc(NCc2cc(I)c(OCc3ccc(F)cc3)c(OCC)c2)cc1. The standard InChI is InChI=1S/C24H25FINO3/c1-3-28-21-11-9-20(10-12-21)27-15-18-13-22(26)24(23(14-18)29-4-2)30-16-17-5-7-19(25)8-6-17/h5-14,27H,3-4,15-16H2,1-2H3. The summed E-state index contributed by atoms with van der Waals surface area (Å²) in [5.41, 5.74) is 3.00. The van der Waals surface area contributed by atoms with Gasteiger partial charge in [0.1, 0.15) is 18.2 Å². The van der Waals surface area contributed by atoms with E-state index in [4.69, 9.17) is 14.2 Å². The molecular weight excluding hydrogens is 496 g/mol. The minimum Gasteiger partial charge on any atom is -0.494 e. The lowest BCUT2D eigenvalue weighted by atomic mass is 10.2. The molecule has 3 aromatic rings. The van der Waals surface area contributed by atoms with Crippen molar-refractivity contribution in [1.29, 1.82) is 0 Å². The summed E-state index contributed by atoms with van der Waals surface area (Å²) >= 11 is 2.26. The highest BCUT2D eigenvalue weighted by molar-refractivity contribution is 14.1. The van der Waals surface area contributed by atoms with Gasteiger partial charge in [0.2, 0.25) is 0 Å². The summed E-state index contributed by atoms with van der Waals surface area (Å²) in [6, 6.07) is 18.3. The summed E-state index contributed by atoms with van der Waals surface area (Å²) in [5.74, 6) is 2.01. The van der Waals surface area contributed by atoms with Crippen molar-refractivity contribution in [1.82, 2.24) is 0 Å². The first-order valence-electron chi connectivity index (χ1n) is 9.88. The van der Waals surface area contributed by atoms with Gasteiger partial charge in [0, 0.05) is 12.2 Å². The average Bonchev–Trinajstić information content (AvgIpc) is 2.74. The van der Waals surface area contributed by atoms with E-state index in [0.717, 1.165) is 26.1 Å². The zero-order chi connectivity index (χ0) is 21.3. The first kappa shape index (κ1) is 22.2. The number of hydrogen-bond donors (Lipinski definition) is 1. The molecule has 0 unspecified atom stereocenters. The highest BCUT2D eigenvalue weighted by atomic mass is 127. The van der Waals surface area contributed by atoms with E-state index >= 15 is 0 Å². The molecule has 158 valence electrons. The van der Waals surface area contributed by atoms with Gasteiger partial charge in [-0.25, -0.2) is 4.39 Å². The van der Waals surface area contributed by atoms with Gasteiger partial charge in [-0.2, -0.15) is 0 Å². The lowest BCUT2D eigenvalue weighted by Crippen LogP contribution is -2.05. The maximum Gasteiger partial charge on any atom is 0.174 e. The molecule has 0 aliphatic carbocycles. The number of nitrogens with one attached hydrogen (secondary N) is 1. The second-order valence-corrected chi connectivity index (χ2v) is 7.73. The van der Waals surface area contributed by atoms with E-state index in [-0.39, 0.29) is 5.82 Å². The Bertz CT molecular complexity index is 946. The fourth-order valence-electron chi connectivity index (χ4n) is 2.90. The van der Waals surface area contributed by atoms with E-state index in [1.807, 2.05) is 44.2 Å². The fourth-order valence-corrected chi connectivity index (χ4v) is 3.72. The van der Waals surface area contributed by atoms with Crippen molar-refractivity contribution in [3.63, 3.8) is 0 Å². The Balaban J connectivity index is 1.69. The van der Waals surface area contributed by atoms with Gasteiger partial charge in [-0.15, -0.1) is 0 Å². The highest BCUT2D eigenvalue weighted by Crippen LogP contribution is 2.35. The zero-order valence-electron chi connectivity index (χ0n) is 17.1. The molecule has 1 N–H and O–H groups in total. The number of anilines is 1. The Morgan fingerprint density at radius 2 is 1.53 bits per heavy atom. The summed E-state index contributed by atoms with van der Waals surface area (Å²) in [5, 5.41) is 3.42. The Hall–Kier alpha value is -2.48. The zero-order valence-corrected chi connectivity index (χ0v) is 19.2. The summed E-state index contributed by atoms with van der Waals surface area (Å²) in [4.78, 5) is 0. The highest BCUT2D eigenvalue weighted by Gasteiger charge is 2.13. The average molecular weight is 521 g/mol. The van der Waals surface area contributed by atoms with Gasteiger partial charge < -0.3 is 19.5 Å². The molecule has 0 saturated heterocycles. The first-order valence-corrected chi connectivity index (χ1v) is 11.0. The van der Waals surface area contributed by atoms with Crippen LogP contribution in [0.5, 0.6) is 17.2 Å². The Morgan fingerprint density at radius 3 is 2.20 bits per heavy atom. The van der Waals surface area contributed by atoms with Crippen LogP contribution in [0.2, 0.25) is 0 Å². The number of hydrogen-bond acceptors (Lipinski definition) is 4. The summed E-state index contributed by atoms with van der Waals surface area (Å²) in [6.45, 7) is 6.11. The van der Waals surface area contributed by atoms with Crippen LogP contribution in [0.25, 0.3) is 0 Å². The van der Waals surface area contributed by atoms with Gasteiger partial charge >= 0.3 is 0 Å².